The van der Waals surface area contributed by atoms with E-state index in [0.29, 0.717) is 25.6 Å². The molecule has 1 saturated heterocycles. The molecule has 0 unspecified atom stereocenters. The molecule has 3 rings (SSSR count). The van der Waals surface area contributed by atoms with Crippen LogP contribution in [0.2, 0.25) is 0 Å². The van der Waals surface area contributed by atoms with Crippen LogP contribution in [0, 0.1) is 5.92 Å². The lowest BCUT2D eigenvalue weighted by Gasteiger charge is -2.32. The van der Waals surface area contributed by atoms with Crippen LogP contribution in [0.25, 0.3) is 17.0 Å². The van der Waals surface area contributed by atoms with Crippen molar-refractivity contribution in [1.29, 1.82) is 0 Å². The summed E-state index contributed by atoms with van der Waals surface area (Å²) >= 11 is 0. The predicted octanol–water partition coefficient (Wildman–Crippen LogP) is 4.68. The number of aryl methyl sites for hydroxylation is 1. The molecule has 0 saturated carbocycles. The van der Waals surface area contributed by atoms with E-state index in [0.717, 1.165) is 41.4 Å². The highest BCUT2D eigenvalue weighted by Gasteiger charge is 2.26. The number of benzene rings is 1. The Bertz CT molecular complexity index is 931. The SMILES string of the molecule is C=Cc1ccc2c(C(=O)N3CCC(CNC(=O)OC(C)(C)C)CC3)cn(CC)c2c1. The first-order valence-electron chi connectivity index (χ1n) is 10.7. The summed E-state index contributed by atoms with van der Waals surface area (Å²) in [6.45, 7) is 14.3. The number of nitrogens with one attached hydrogen (secondary N) is 1. The second-order valence-corrected chi connectivity index (χ2v) is 8.93. The molecule has 0 atom stereocenters. The Hall–Kier alpha value is -2.76. The zero-order chi connectivity index (χ0) is 21.9. The van der Waals surface area contributed by atoms with Gasteiger partial charge in [-0.2, -0.15) is 0 Å². The molecule has 2 amide bonds. The number of amides is 2. The standard InChI is InChI=1S/C24H33N3O3/c1-6-17-8-9-19-20(16-26(7-2)21(19)14-17)22(28)27-12-10-18(11-13-27)15-25-23(29)30-24(3,4)5/h6,8-9,14,16,18H,1,7,10-13,15H2,2-5H3,(H,25,29). The van der Waals surface area contributed by atoms with Crippen LogP contribution in [-0.4, -0.2) is 46.7 Å². The summed E-state index contributed by atoms with van der Waals surface area (Å²) < 4.78 is 7.41. The van der Waals surface area contributed by atoms with Gasteiger partial charge in [-0.1, -0.05) is 24.8 Å². The van der Waals surface area contributed by atoms with Crippen molar-refractivity contribution in [3.8, 4) is 0 Å². The van der Waals surface area contributed by atoms with Gasteiger partial charge < -0.3 is 19.5 Å². The average Bonchev–Trinajstić information content (AvgIpc) is 3.08. The average molecular weight is 412 g/mol. The third-order valence-corrected chi connectivity index (χ3v) is 5.55. The zero-order valence-corrected chi connectivity index (χ0v) is 18.5. The fourth-order valence-electron chi connectivity index (χ4n) is 3.92. The summed E-state index contributed by atoms with van der Waals surface area (Å²) in [5, 5.41) is 3.84. The maximum absolute atomic E-state index is 13.2. The highest BCUT2D eigenvalue weighted by Crippen LogP contribution is 2.26. The van der Waals surface area contributed by atoms with E-state index in [2.05, 4.69) is 29.5 Å². The molecule has 6 heteroatoms. The summed E-state index contributed by atoms with van der Waals surface area (Å²) in [6.07, 6.45) is 5.15. The van der Waals surface area contributed by atoms with Gasteiger partial charge in [-0.05, 0) is 58.1 Å². The maximum Gasteiger partial charge on any atom is 0.407 e. The Morgan fingerprint density at radius 1 is 1.27 bits per heavy atom. The summed E-state index contributed by atoms with van der Waals surface area (Å²) in [4.78, 5) is 27.0. The molecule has 1 aliphatic rings. The monoisotopic (exact) mass is 411 g/mol. The van der Waals surface area contributed by atoms with Crippen LogP contribution in [0.4, 0.5) is 4.79 Å². The Balaban J connectivity index is 1.62. The predicted molar refractivity (Wildman–Crippen MR) is 121 cm³/mol. The fourth-order valence-corrected chi connectivity index (χ4v) is 3.92. The molecule has 2 heterocycles. The van der Waals surface area contributed by atoms with Crippen molar-refractivity contribution in [2.24, 2.45) is 5.92 Å². The Morgan fingerprint density at radius 2 is 1.97 bits per heavy atom. The first kappa shape index (κ1) is 21.9. The van der Waals surface area contributed by atoms with Gasteiger partial charge in [0.25, 0.3) is 5.91 Å². The second-order valence-electron chi connectivity index (χ2n) is 8.93. The van der Waals surface area contributed by atoms with E-state index in [1.165, 1.54) is 0 Å². The van der Waals surface area contributed by atoms with E-state index < -0.39 is 5.60 Å². The number of carbonyl (C=O) groups is 2. The number of fused-ring (bicyclic) bond motifs is 1. The van der Waals surface area contributed by atoms with E-state index >= 15 is 0 Å². The Kier molecular flexibility index (Phi) is 6.54. The van der Waals surface area contributed by atoms with Crippen LogP contribution in [0.3, 0.4) is 0 Å². The first-order valence-corrected chi connectivity index (χ1v) is 10.7. The largest absolute Gasteiger partial charge is 0.444 e. The van der Waals surface area contributed by atoms with Crippen molar-refractivity contribution in [2.45, 2.75) is 52.7 Å². The molecular formula is C24H33N3O3. The van der Waals surface area contributed by atoms with Gasteiger partial charge in [0.2, 0.25) is 0 Å². The minimum absolute atomic E-state index is 0.0807. The summed E-state index contributed by atoms with van der Waals surface area (Å²) in [6, 6.07) is 6.10. The molecule has 1 aliphatic heterocycles. The number of carbonyl (C=O) groups excluding carboxylic acids is 2. The van der Waals surface area contributed by atoms with Gasteiger partial charge in [0, 0.05) is 43.3 Å². The Labute approximate surface area is 178 Å². The van der Waals surface area contributed by atoms with Crippen molar-refractivity contribution in [1.82, 2.24) is 14.8 Å². The smallest absolute Gasteiger partial charge is 0.407 e. The van der Waals surface area contributed by atoms with Crippen molar-refractivity contribution in [2.75, 3.05) is 19.6 Å². The fraction of sp³-hybridized carbons (Fsp3) is 0.500. The summed E-state index contributed by atoms with van der Waals surface area (Å²) in [5.41, 5.74) is 2.37. The molecule has 2 aromatic rings. The lowest BCUT2D eigenvalue weighted by Crippen LogP contribution is -2.42. The molecule has 1 fully saturated rings. The minimum Gasteiger partial charge on any atom is -0.444 e. The first-order chi connectivity index (χ1) is 14.2. The van der Waals surface area contributed by atoms with Crippen LogP contribution >= 0.6 is 0 Å². The molecule has 0 spiro atoms. The van der Waals surface area contributed by atoms with Crippen LogP contribution in [-0.2, 0) is 11.3 Å². The van der Waals surface area contributed by atoms with Crippen LogP contribution < -0.4 is 5.32 Å². The number of likely N-dealkylation sites (tertiary alicyclic amines) is 1. The van der Waals surface area contributed by atoms with Crippen LogP contribution in [0.15, 0.2) is 31.0 Å². The number of rotatable bonds is 5. The molecule has 0 radical (unpaired) electrons. The second kappa shape index (κ2) is 8.94. The van der Waals surface area contributed by atoms with Crippen LogP contribution in [0.1, 0.15) is 56.5 Å². The number of hydrogen-bond donors (Lipinski definition) is 1. The van der Waals surface area contributed by atoms with Crippen LogP contribution in [0.5, 0.6) is 0 Å². The van der Waals surface area contributed by atoms with E-state index in [1.54, 1.807) is 0 Å². The third kappa shape index (κ3) is 5.04. The van der Waals surface area contributed by atoms with Gasteiger partial charge in [0.15, 0.2) is 0 Å². The Morgan fingerprint density at radius 3 is 2.57 bits per heavy atom. The van der Waals surface area contributed by atoms with Gasteiger partial charge in [0.05, 0.1) is 5.56 Å². The molecule has 0 bridgehead atoms. The maximum atomic E-state index is 13.2. The molecule has 1 N–H and O–H groups in total. The van der Waals surface area contributed by atoms with Gasteiger partial charge >= 0.3 is 6.09 Å². The highest BCUT2D eigenvalue weighted by molar-refractivity contribution is 6.07. The van der Waals surface area contributed by atoms with Crippen molar-refractivity contribution in [3.63, 3.8) is 0 Å². The number of aromatic nitrogens is 1. The van der Waals surface area contributed by atoms with Gasteiger partial charge in [-0.15, -0.1) is 0 Å². The lowest BCUT2D eigenvalue weighted by atomic mass is 9.96. The third-order valence-electron chi connectivity index (χ3n) is 5.55. The number of ether oxygens (including phenoxy) is 1. The topological polar surface area (TPSA) is 63.6 Å². The molecule has 1 aromatic carbocycles. The lowest BCUT2D eigenvalue weighted by molar-refractivity contribution is 0.0500. The summed E-state index contributed by atoms with van der Waals surface area (Å²) in [7, 11) is 0. The normalized spacial score (nSPS) is 15.3. The van der Waals surface area contributed by atoms with Gasteiger partial charge in [-0.25, -0.2) is 4.79 Å². The van der Waals surface area contributed by atoms with Crippen molar-refractivity contribution in [3.05, 3.63) is 42.1 Å². The number of alkyl carbamates (subject to hydrolysis) is 1. The minimum atomic E-state index is -0.496. The van der Waals surface area contributed by atoms with Gasteiger partial charge in [0.1, 0.15) is 5.60 Å². The molecule has 162 valence electrons. The molecule has 1 aromatic heterocycles. The number of piperidine rings is 1. The molecule has 0 aliphatic carbocycles. The molecule has 6 nitrogen and oxygen atoms in total. The summed E-state index contributed by atoms with van der Waals surface area (Å²) in [5.74, 6) is 0.436. The number of hydrogen-bond acceptors (Lipinski definition) is 3. The number of nitrogens with zero attached hydrogens (tertiary/aromatic N) is 2. The van der Waals surface area contributed by atoms with Crippen molar-refractivity contribution >= 4 is 29.0 Å². The zero-order valence-electron chi connectivity index (χ0n) is 18.5. The quantitative estimate of drug-likeness (QED) is 0.777. The van der Waals surface area contributed by atoms with Gasteiger partial charge in [-0.3, -0.25) is 4.79 Å². The van der Waals surface area contributed by atoms with E-state index in [4.69, 9.17) is 4.74 Å². The molecule has 30 heavy (non-hydrogen) atoms. The van der Waals surface area contributed by atoms with E-state index in [9.17, 15) is 9.59 Å². The highest BCUT2D eigenvalue weighted by atomic mass is 16.6. The van der Waals surface area contributed by atoms with E-state index in [1.807, 2.05) is 50.1 Å². The van der Waals surface area contributed by atoms with Crippen molar-refractivity contribution < 1.29 is 14.3 Å². The van der Waals surface area contributed by atoms with E-state index in [-0.39, 0.29) is 12.0 Å². The molecular weight excluding hydrogens is 378 g/mol.